The van der Waals surface area contributed by atoms with Crippen LogP contribution in [0.4, 0.5) is 5.69 Å². The molecule has 1 heterocycles. The van der Waals surface area contributed by atoms with Gasteiger partial charge in [-0.05, 0) is 55.9 Å². The Morgan fingerprint density at radius 1 is 1.07 bits per heavy atom. The van der Waals surface area contributed by atoms with Gasteiger partial charge in [-0.3, -0.25) is 14.2 Å². The highest BCUT2D eigenvalue weighted by Gasteiger charge is 2.27. The van der Waals surface area contributed by atoms with E-state index < -0.39 is 5.69 Å². The van der Waals surface area contributed by atoms with Crippen LogP contribution in [0.1, 0.15) is 25.7 Å². The number of benzene rings is 2. The predicted molar refractivity (Wildman–Crippen MR) is 111 cm³/mol. The van der Waals surface area contributed by atoms with Gasteiger partial charge in [0.1, 0.15) is 5.75 Å². The fraction of sp³-hybridized carbons (Fsp3) is 0.318. The SMILES string of the molecule is O=C(Nc1cccc(O)c1)C1CCC(Cn2c(=O)[nH]c3ccccc3c2=O)CC1. The van der Waals surface area contributed by atoms with Crippen LogP contribution < -0.4 is 16.6 Å². The number of aromatic nitrogens is 2. The number of anilines is 1. The number of hydrogen-bond acceptors (Lipinski definition) is 4. The third kappa shape index (κ3) is 4.08. The van der Waals surface area contributed by atoms with E-state index in [4.69, 9.17) is 0 Å². The fourth-order valence-corrected chi connectivity index (χ4v) is 4.06. The summed E-state index contributed by atoms with van der Waals surface area (Å²) in [6.07, 6.45) is 2.96. The van der Waals surface area contributed by atoms with Gasteiger partial charge < -0.3 is 15.4 Å². The summed E-state index contributed by atoms with van der Waals surface area (Å²) in [5, 5.41) is 12.9. The summed E-state index contributed by atoms with van der Waals surface area (Å²) in [5.41, 5.74) is 0.461. The lowest BCUT2D eigenvalue weighted by atomic mass is 9.81. The Labute approximate surface area is 167 Å². The summed E-state index contributed by atoms with van der Waals surface area (Å²) < 4.78 is 1.28. The van der Waals surface area contributed by atoms with Crippen molar-refractivity contribution >= 4 is 22.5 Å². The molecule has 1 amide bonds. The number of amides is 1. The van der Waals surface area contributed by atoms with Crippen LogP contribution in [0.15, 0.2) is 58.1 Å². The van der Waals surface area contributed by atoms with Crippen LogP contribution in [0, 0.1) is 11.8 Å². The van der Waals surface area contributed by atoms with Gasteiger partial charge in [-0.2, -0.15) is 0 Å². The van der Waals surface area contributed by atoms with Gasteiger partial charge in [0.05, 0.1) is 10.9 Å². The Bertz CT molecular complexity index is 1160. The molecule has 0 bridgehead atoms. The number of phenolic OH excluding ortho intramolecular Hbond substituents is 1. The maximum atomic E-state index is 12.7. The third-order valence-electron chi connectivity index (χ3n) is 5.66. The third-order valence-corrected chi connectivity index (χ3v) is 5.66. The molecular weight excluding hydrogens is 370 g/mol. The standard InChI is InChI=1S/C22H23N3O4/c26-17-5-3-4-16(12-17)23-20(27)15-10-8-14(9-11-15)13-25-21(28)18-6-1-2-7-19(18)24-22(25)29/h1-7,12,14-15,26H,8-11,13H2,(H,23,27)(H,24,29). The van der Waals surface area contributed by atoms with Crippen molar-refractivity contribution < 1.29 is 9.90 Å². The number of phenols is 1. The molecule has 0 spiro atoms. The van der Waals surface area contributed by atoms with Crippen LogP contribution in [0.5, 0.6) is 5.75 Å². The maximum Gasteiger partial charge on any atom is 0.328 e. The number of hydrogen-bond donors (Lipinski definition) is 3. The number of carbonyl (C=O) groups is 1. The van der Waals surface area contributed by atoms with Crippen LogP contribution in [0.25, 0.3) is 10.9 Å². The van der Waals surface area contributed by atoms with Gasteiger partial charge in [0, 0.05) is 24.2 Å². The lowest BCUT2D eigenvalue weighted by Gasteiger charge is -2.28. The topological polar surface area (TPSA) is 104 Å². The molecule has 7 nitrogen and oxygen atoms in total. The zero-order valence-electron chi connectivity index (χ0n) is 15.9. The molecule has 3 N–H and O–H groups in total. The summed E-state index contributed by atoms with van der Waals surface area (Å²) in [6, 6.07) is 13.5. The van der Waals surface area contributed by atoms with Gasteiger partial charge in [-0.15, -0.1) is 0 Å². The van der Waals surface area contributed by atoms with Crippen LogP contribution in [0.2, 0.25) is 0 Å². The van der Waals surface area contributed by atoms with E-state index in [9.17, 15) is 19.5 Å². The van der Waals surface area contributed by atoms with Gasteiger partial charge in [-0.1, -0.05) is 18.2 Å². The normalized spacial score (nSPS) is 19.2. The van der Waals surface area contributed by atoms with E-state index in [0.717, 1.165) is 12.8 Å². The van der Waals surface area contributed by atoms with Crippen molar-refractivity contribution in [1.29, 1.82) is 0 Å². The number of para-hydroxylation sites is 1. The number of nitrogens with one attached hydrogen (secondary N) is 2. The number of nitrogens with zero attached hydrogens (tertiary/aromatic N) is 1. The second kappa shape index (κ2) is 7.95. The highest BCUT2D eigenvalue weighted by Crippen LogP contribution is 2.30. The lowest BCUT2D eigenvalue weighted by Crippen LogP contribution is -2.38. The number of aromatic hydroxyl groups is 1. The smallest absolute Gasteiger partial charge is 0.328 e. The minimum Gasteiger partial charge on any atom is -0.508 e. The highest BCUT2D eigenvalue weighted by molar-refractivity contribution is 5.92. The van der Waals surface area contributed by atoms with Crippen LogP contribution in [-0.4, -0.2) is 20.6 Å². The zero-order valence-corrected chi connectivity index (χ0v) is 15.9. The van der Waals surface area contributed by atoms with Crippen LogP contribution >= 0.6 is 0 Å². The number of H-pyrrole nitrogens is 1. The molecule has 1 saturated carbocycles. The van der Waals surface area contributed by atoms with Crippen LogP contribution in [0.3, 0.4) is 0 Å². The average molecular weight is 393 g/mol. The molecule has 1 aliphatic rings. The molecule has 1 fully saturated rings. The molecule has 7 heteroatoms. The van der Waals surface area contributed by atoms with E-state index in [1.54, 1.807) is 42.5 Å². The van der Waals surface area contributed by atoms with Gasteiger partial charge in [0.15, 0.2) is 0 Å². The van der Waals surface area contributed by atoms with Gasteiger partial charge in [0.25, 0.3) is 5.56 Å². The van der Waals surface area contributed by atoms with Gasteiger partial charge >= 0.3 is 5.69 Å². The molecule has 0 unspecified atom stereocenters. The number of fused-ring (bicyclic) bond motifs is 1. The first-order valence-corrected chi connectivity index (χ1v) is 9.83. The molecule has 29 heavy (non-hydrogen) atoms. The van der Waals surface area contributed by atoms with E-state index in [2.05, 4.69) is 10.3 Å². The van der Waals surface area contributed by atoms with Crippen molar-refractivity contribution in [2.24, 2.45) is 11.8 Å². The quantitative estimate of drug-likeness (QED) is 0.634. The second-order valence-corrected chi connectivity index (χ2v) is 7.65. The predicted octanol–water partition coefficient (Wildman–Crippen LogP) is 2.84. The number of rotatable bonds is 4. The largest absolute Gasteiger partial charge is 0.508 e. The maximum absolute atomic E-state index is 12.7. The molecule has 0 aliphatic heterocycles. The van der Waals surface area contributed by atoms with Crippen molar-refractivity contribution in [3.63, 3.8) is 0 Å². The van der Waals surface area contributed by atoms with E-state index in [1.807, 2.05) is 0 Å². The summed E-state index contributed by atoms with van der Waals surface area (Å²) in [4.78, 5) is 40.3. The summed E-state index contributed by atoms with van der Waals surface area (Å²) in [6.45, 7) is 0.361. The van der Waals surface area contributed by atoms with E-state index in [-0.39, 0.29) is 29.1 Å². The first-order chi connectivity index (χ1) is 14.0. The van der Waals surface area contributed by atoms with Gasteiger partial charge in [0.2, 0.25) is 5.91 Å². The van der Waals surface area contributed by atoms with Crippen LogP contribution in [-0.2, 0) is 11.3 Å². The van der Waals surface area contributed by atoms with Gasteiger partial charge in [-0.25, -0.2) is 4.79 Å². The monoisotopic (exact) mass is 393 g/mol. The minimum absolute atomic E-state index is 0.0604. The Kier molecular flexibility index (Phi) is 5.20. The van der Waals surface area contributed by atoms with E-state index in [0.29, 0.717) is 36.0 Å². The van der Waals surface area contributed by atoms with Crippen molar-refractivity contribution in [3.05, 3.63) is 69.4 Å². The number of aromatic amines is 1. The van der Waals surface area contributed by atoms with E-state index in [1.165, 1.54) is 10.6 Å². The Morgan fingerprint density at radius 3 is 2.59 bits per heavy atom. The van der Waals surface area contributed by atoms with E-state index >= 15 is 0 Å². The second-order valence-electron chi connectivity index (χ2n) is 7.65. The molecule has 4 rings (SSSR count). The Morgan fingerprint density at radius 2 is 1.83 bits per heavy atom. The minimum atomic E-state index is -0.391. The molecule has 1 aromatic heterocycles. The highest BCUT2D eigenvalue weighted by atomic mass is 16.3. The van der Waals surface area contributed by atoms with Crippen molar-refractivity contribution in [2.45, 2.75) is 32.2 Å². The summed E-state index contributed by atoms with van der Waals surface area (Å²) in [5.74, 6) is 0.118. The molecular formula is C22H23N3O4. The Balaban J connectivity index is 1.40. The first-order valence-electron chi connectivity index (χ1n) is 9.83. The molecule has 0 atom stereocenters. The van der Waals surface area contributed by atoms with Crippen molar-refractivity contribution in [2.75, 3.05) is 5.32 Å². The van der Waals surface area contributed by atoms with Crippen molar-refractivity contribution in [3.8, 4) is 5.75 Å². The first kappa shape index (κ1) is 19.0. The Hall–Kier alpha value is -3.35. The molecule has 2 aromatic carbocycles. The van der Waals surface area contributed by atoms with Crippen molar-refractivity contribution in [1.82, 2.24) is 9.55 Å². The average Bonchev–Trinajstić information content (AvgIpc) is 2.71. The summed E-state index contributed by atoms with van der Waals surface area (Å²) in [7, 11) is 0. The molecule has 150 valence electrons. The lowest BCUT2D eigenvalue weighted by molar-refractivity contribution is -0.121. The molecule has 0 radical (unpaired) electrons. The number of carbonyl (C=O) groups excluding carboxylic acids is 1. The zero-order chi connectivity index (χ0) is 20.4. The molecule has 0 saturated heterocycles. The fourth-order valence-electron chi connectivity index (χ4n) is 4.06. The summed E-state index contributed by atoms with van der Waals surface area (Å²) >= 11 is 0. The molecule has 1 aliphatic carbocycles. The molecule has 3 aromatic rings.